The summed E-state index contributed by atoms with van der Waals surface area (Å²) in [4.78, 5) is 6.40. The molecule has 5 nitrogen and oxygen atoms in total. The van der Waals surface area contributed by atoms with Gasteiger partial charge in [-0.1, -0.05) is 42.1 Å². The van der Waals surface area contributed by atoms with Crippen LogP contribution in [0.4, 0.5) is 5.69 Å². The minimum Gasteiger partial charge on any atom is -0.394 e. The number of ether oxygens (including phenoxy) is 1. The Morgan fingerprint density at radius 3 is 2.63 bits per heavy atom. The van der Waals surface area contributed by atoms with Crippen LogP contribution in [0.3, 0.4) is 0 Å². The molecule has 0 atom stereocenters. The number of nitrogens with zero attached hydrogens (tertiary/aromatic N) is 3. The summed E-state index contributed by atoms with van der Waals surface area (Å²) < 4.78 is 104. The van der Waals surface area contributed by atoms with Crippen LogP contribution in [0.25, 0.3) is 0 Å². The second-order valence-corrected chi connectivity index (χ2v) is 6.58. The third-order valence-electron chi connectivity index (χ3n) is 3.78. The second-order valence-electron chi connectivity index (χ2n) is 5.50. The van der Waals surface area contributed by atoms with E-state index in [2.05, 4.69) is 4.99 Å². The Morgan fingerprint density at radius 2 is 1.81 bits per heavy atom. The molecule has 0 amide bonds. The maximum absolute atomic E-state index is 9.34. The Morgan fingerprint density at radius 1 is 1.07 bits per heavy atom. The fourth-order valence-electron chi connectivity index (χ4n) is 2.55. The topological polar surface area (TPSA) is 48.3 Å². The third kappa shape index (κ3) is 4.35. The maximum Gasteiger partial charge on any atom is 0.137 e. The average Bonchev–Trinajstić information content (AvgIpc) is 2.96. The van der Waals surface area contributed by atoms with E-state index in [4.69, 9.17) is 21.2 Å². The number of amidine groups is 1. The first-order chi connectivity index (χ1) is 17.8. The highest BCUT2D eigenvalue weighted by atomic mass is 32.2. The quantitative estimate of drug-likeness (QED) is 0.844. The van der Waals surface area contributed by atoms with E-state index in [0.717, 1.165) is 0 Å². The summed E-state index contributed by atoms with van der Waals surface area (Å²) in [6.45, 7) is -21.5. The van der Waals surface area contributed by atoms with Crippen molar-refractivity contribution in [1.82, 2.24) is 9.80 Å². The van der Waals surface area contributed by atoms with Crippen molar-refractivity contribution in [2.75, 3.05) is 52.3 Å². The lowest BCUT2D eigenvalue weighted by Crippen LogP contribution is -2.49. The lowest BCUT2D eigenvalue weighted by Gasteiger charge is -2.36. The molecule has 0 aliphatic carbocycles. The fourth-order valence-corrected chi connectivity index (χ4v) is 3.57. The zero-order chi connectivity index (χ0) is 29.2. The number of rotatable bonds is 5. The number of aliphatic hydroxyl groups is 1. The average molecular weight is 396 g/mol. The highest BCUT2D eigenvalue weighted by Crippen LogP contribution is 2.40. The van der Waals surface area contributed by atoms with Gasteiger partial charge in [0.2, 0.25) is 0 Å². The summed E-state index contributed by atoms with van der Waals surface area (Å²) in [5, 5.41) is 9.34. The lowest BCUT2D eigenvalue weighted by molar-refractivity contribution is 0.0652. The van der Waals surface area contributed by atoms with E-state index in [1.165, 1.54) is 11.8 Å². The summed E-state index contributed by atoms with van der Waals surface area (Å²) in [5.41, 5.74) is 0.631. The van der Waals surface area contributed by atoms with Gasteiger partial charge in [0.15, 0.2) is 0 Å². The van der Waals surface area contributed by atoms with E-state index in [-0.39, 0.29) is 16.3 Å². The van der Waals surface area contributed by atoms with Gasteiger partial charge in [0.1, 0.15) is 5.84 Å². The molecule has 1 saturated heterocycles. The number of fused-ring (bicyclic) bond motifs is 2. The van der Waals surface area contributed by atoms with E-state index < -0.39 is 52.3 Å². The Hall–Kier alpha value is -1.86. The largest absolute Gasteiger partial charge is 0.394 e. The first-order valence-electron chi connectivity index (χ1n) is 14.2. The van der Waals surface area contributed by atoms with E-state index in [9.17, 15) is 5.11 Å². The van der Waals surface area contributed by atoms with E-state index in [1.54, 1.807) is 48.5 Å². The van der Waals surface area contributed by atoms with Gasteiger partial charge in [-0.25, -0.2) is 4.99 Å². The van der Waals surface area contributed by atoms with Crippen LogP contribution in [0.1, 0.15) is 22.0 Å². The molecule has 1 N–H and O–H groups in total. The normalized spacial score (nSPS) is 32.2. The van der Waals surface area contributed by atoms with Gasteiger partial charge < -0.3 is 14.7 Å². The summed E-state index contributed by atoms with van der Waals surface area (Å²) in [6, 6.07) is 13.5. The molecule has 2 heterocycles. The molecule has 4 rings (SSSR count). The number of piperazine rings is 1. The molecule has 2 aliphatic rings. The monoisotopic (exact) mass is 395 g/mol. The van der Waals surface area contributed by atoms with Crippen molar-refractivity contribution in [1.29, 1.82) is 0 Å². The van der Waals surface area contributed by atoms with E-state index in [0.29, 0.717) is 20.4 Å². The minimum absolute atomic E-state index is 0.241. The third-order valence-corrected chi connectivity index (χ3v) is 4.92. The number of benzene rings is 2. The van der Waals surface area contributed by atoms with Crippen LogP contribution in [0.5, 0.6) is 0 Å². The molecule has 6 heteroatoms. The molecule has 0 spiro atoms. The minimum atomic E-state index is -3.44. The van der Waals surface area contributed by atoms with Crippen LogP contribution >= 0.6 is 11.8 Å². The molecule has 142 valence electrons. The van der Waals surface area contributed by atoms with Crippen molar-refractivity contribution in [3.63, 3.8) is 0 Å². The van der Waals surface area contributed by atoms with Crippen molar-refractivity contribution in [2.45, 2.75) is 9.79 Å². The molecule has 1 fully saturated rings. The molecule has 2 aromatic rings. The smallest absolute Gasteiger partial charge is 0.137 e. The van der Waals surface area contributed by atoms with Gasteiger partial charge in [-0.05, 0) is 18.2 Å². The predicted molar refractivity (Wildman–Crippen MR) is 109 cm³/mol. The molecule has 2 aromatic carbocycles. The van der Waals surface area contributed by atoms with Crippen LogP contribution in [-0.2, 0) is 4.74 Å². The number of para-hydroxylation sites is 1. The van der Waals surface area contributed by atoms with Crippen LogP contribution in [-0.4, -0.2) is 73.0 Å². The van der Waals surface area contributed by atoms with Gasteiger partial charge in [-0.15, -0.1) is 0 Å². The maximum atomic E-state index is 9.34. The molecule has 0 aromatic heterocycles. The summed E-state index contributed by atoms with van der Waals surface area (Å²) >= 11 is 1.30. The number of aliphatic imine (C=N–C) groups is 1. The van der Waals surface area contributed by atoms with Crippen molar-refractivity contribution in [2.24, 2.45) is 4.99 Å². The zero-order valence-corrected chi connectivity index (χ0v) is 15.0. The number of hydrogen-bond acceptors (Lipinski definition) is 6. The van der Waals surface area contributed by atoms with Gasteiger partial charge in [-0.2, -0.15) is 0 Å². The number of hydrogen-bond donors (Lipinski definition) is 1. The Kier molecular flexibility index (Phi) is 2.99. The Balaban J connectivity index is 1.82. The van der Waals surface area contributed by atoms with Crippen LogP contribution < -0.4 is 0 Å². The van der Waals surface area contributed by atoms with Gasteiger partial charge in [0, 0.05) is 53.4 Å². The first-order valence-corrected chi connectivity index (χ1v) is 8.98. The SMILES string of the molecule is [2H]C([2H])(O)C([2H])([2H])OCCN1C([2H])([2H])C([2H])([2H])N(C2=Nc3ccccc3Sc3ccccc32)C([2H])([2H])C1([2H])[2H]. The molecule has 0 saturated carbocycles. The van der Waals surface area contributed by atoms with Gasteiger partial charge in [0.05, 0.1) is 36.4 Å². The van der Waals surface area contributed by atoms with E-state index >= 15 is 0 Å². The van der Waals surface area contributed by atoms with Crippen LogP contribution in [0.15, 0.2) is 63.3 Å². The standard InChI is InChI=1S/C21H25N3O2S/c25-14-16-26-15-13-23-9-11-24(12-10-23)21-17-5-1-3-7-19(17)27-20-8-4-2-6-18(20)22-21/h1-8,25H,9-16H2/i9D2,10D2,11D2,12D2,14D2,16D2. The zero-order valence-electron chi connectivity index (χ0n) is 26.1. The van der Waals surface area contributed by atoms with Crippen LogP contribution in [0.2, 0.25) is 0 Å². The predicted octanol–water partition coefficient (Wildman–Crippen LogP) is 2.86. The van der Waals surface area contributed by atoms with Crippen LogP contribution in [0, 0.1) is 0 Å². The van der Waals surface area contributed by atoms with E-state index in [1.807, 2.05) is 0 Å². The highest BCUT2D eigenvalue weighted by Gasteiger charge is 2.24. The Labute approximate surface area is 181 Å². The van der Waals surface area contributed by atoms with Crippen molar-refractivity contribution < 1.29 is 26.3 Å². The van der Waals surface area contributed by atoms with Gasteiger partial charge >= 0.3 is 0 Å². The first kappa shape index (κ1) is 9.09. The molecule has 0 bridgehead atoms. The van der Waals surface area contributed by atoms with Crippen molar-refractivity contribution in [3.05, 3.63) is 54.1 Å². The van der Waals surface area contributed by atoms with Gasteiger partial charge in [0.25, 0.3) is 0 Å². The molecule has 2 aliphatic heterocycles. The summed E-state index contributed by atoms with van der Waals surface area (Å²) in [7, 11) is 0. The second kappa shape index (κ2) is 8.89. The molecular formula is C21H25N3O2S. The highest BCUT2D eigenvalue weighted by molar-refractivity contribution is 7.99. The fraction of sp³-hybridized carbons (Fsp3) is 0.381. The van der Waals surface area contributed by atoms with Crippen molar-refractivity contribution in [3.8, 4) is 0 Å². The summed E-state index contributed by atoms with van der Waals surface area (Å²) in [6.07, 6.45) is 0. The molecule has 27 heavy (non-hydrogen) atoms. The Bertz CT molecular complexity index is 1260. The van der Waals surface area contributed by atoms with Gasteiger partial charge in [-0.3, -0.25) is 4.90 Å². The lowest BCUT2D eigenvalue weighted by atomic mass is 10.1. The molecular weight excluding hydrogens is 358 g/mol. The molecule has 0 unspecified atom stereocenters. The summed E-state index contributed by atoms with van der Waals surface area (Å²) in [5.74, 6) is -0.313. The van der Waals surface area contributed by atoms with Crippen molar-refractivity contribution >= 4 is 23.3 Å². The molecule has 0 radical (unpaired) electrons.